The number of benzene rings is 7. The molecule has 2 amide bonds. The molecule has 0 fully saturated rings. The van der Waals surface area contributed by atoms with Crippen LogP contribution in [-0.2, 0) is 21.1 Å². The number of aryl methyl sites for hydroxylation is 3. The van der Waals surface area contributed by atoms with Crippen molar-refractivity contribution in [3.63, 3.8) is 0 Å². The van der Waals surface area contributed by atoms with Gasteiger partial charge in [-0.25, -0.2) is 8.78 Å². The molecule has 0 aliphatic carbocycles. The molecule has 0 radical (unpaired) electrons. The number of fused-ring (bicyclic) bond motifs is 7. The molecule has 0 saturated heterocycles. The van der Waals surface area contributed by atoms with E-state index in [-0.39, 0.29) is 42.4 Å². The van der Waals surface area contributed by atoms with Crippen molar-refractivity contribution < 1.29 is 69.7 Å². The first kappa shape index (κ1) is 74.1. The van der Waals surface area contributed by atoms with Crippen LogP contribution in [0.5, 0.6) is 23.0 Å². The van der Waals surface area contributed by atoms with Gasteiger partial charge in [0.25, 0.3) is 11.8 Å². The molecular formula is C70H51F5I2N16O13S. The van der Waals surface area contributed by atoms with E-state index in [1.807, 2.05) is 117 Å². The Morgan fingerprint density at radius 1 is 0.561 bits per heavy atom. The molecule has 37 heteroatoms. The first-order chi connectivity index (χ1) is 51.2. The number of nitrogens with zero attached hydrogens (tertiary/aromatic N) is 12. The summed E-state index contributed by atoms with van der Waals surface area (Å²) in [7, 11) is 8.24. The molecule has 544 valence electrons. The van der Waals surface area contributed by atoms with Gasteiger partial charge in [0, 0.05) is 116 Å². The number of furan rings is 1. The van der Waals surface area contributed by atoms with E-state index in [1.54, 1.807) is 75.5 Å². The van der Waals surface area contributed by atoms with E-state index in [9.17, 15) is 61.9 Å². The third kappa shape index (κ3) is 16.3. The van der Waals surface area contributed by atoms with Crippen LogP contribution in [0.3, 0.4) is 0 Å². The molecule has 5 N–H and O–H groups in total. The SMILES string of the molecule is CN(C)C(=O)c1ccc(C(=O)Nc2cc3c(/C=C/c4cccs4)n[nH]c3cc2F)o1.Cn1nc(/C=C/c2ccc3c(c2)OCO3)c2cc(N)c(F)cc21.Cn1nc(/C=C/c2ccc3c(c2)OCO3)c2cc([N+](=O)[O-])c(F)cc21.Cn1nc(I)c2cc([N+](=O)[O-])c(F)cc21.O=[N+]([O-])c1cc2c(I)[nH]nc2cc1F. The molecule has 29 nitrogen and oxygen atoms in total. The number of amides is 2. The summed E-state index contributed by atoms with van der Waals surface area (Å²) in [4.78, 5) is 56.5. The van der Waals surface area contributed by atoms with Gasteiger partial charge in [0.2, 0.25) is 31.0 Å². The number of nitrogen functional groups attached to an aromatic ring is 1. The zero-order valence-corrected chi connectivity index (χ0v) is 60.9. The number of hydrogen-bond acceptors (Lipinski definition) is 20. The molecule has 0 spiro atoms. The molecule has 7 aromatic carbocycles. The van der Waals surface area contributed by atoms with Gasteiger partial charge in [-0.15, -0.1) is 11.3 Å². The van der Waals surface area contributed by atoms with E-state index < -0.39 is 66.8 Å². The number of nitro benzene ring substituents is 3. The van der Waals surface area contributed by atoms with Gasteiger partial charge in [-0.3, -0.25) is 64.2 Å². The molecule has 2 aliphatic rings. The Labute approximate surface area is 629 Å². The molecule has 7 aromatic heterocycles. The first-order valence-corrected chi connectivity index (χ1v) is 34.0. The van der Waals surface area contributed by atoms with Gasteiger partial charge in [0.1, 0.15) is 19.0 Å². The second-order valence-corrected chi connectivity index (χ2v) is 26.2. The number of ether oxygens (including phenoxy) is 4. The molecular weight excluding hydrogens is 1650 g/mol. The van der Waals surface area contributed by atoms with E-state index in [4.69, 9.17) is 29.1 Å². The van der Waals surface area contributed by atoms with Crippen molar-refractivity contribution >= 4 is 188 Å². The number of aromatic nitrogens is 10. The van der Waals surface area contributed by atoms with Crippen LogP contribution in [0.4, 0.5) is 50.4 Å². The lowest BCUT2D eigenvalue weighted by Gasteiger charge is -2.07. The highest BCUT2D eigenvalue weighted by molar-refractivity contribution is 14.1. The van der Waals surface area contributed by atoms with E-state index in [0.717, 1.165) is 56.8 Å². The number of nitrogens with two attached hydrogens (primary N) is 1. The second-order valence-electron chi connectivity index (χ2n) is 23.1. The Hall–Kier alpha value is -12.7. The normalized spacial score (nSPS) is 12.0. The van der Waals surface area contributed by atoms with Crippen LogP contribution in [0.25, 0.3) is 91.0 Å². The summed E-state index contributed by atoms with van der Waals surface area (Å²) in [6, 6.07) is 30.6. The standard InChI is InChI=1S/C21H17FN4O3S.C17H12FN3O4.C17H14FN3O2.C8H5FIN3O2.C7H3FIN3O2/c1-26(2)21(28)19-8-7-18(29-19)20(27)23-17-10-13-15(6-5-12-4-3-9-30-12)24-25-16(13)11-14(17)22;1-20-14-8-12(18)15(21(22)23)7-11(14)13(19-20)4-2-10-3-5-16-17(6-10)25-9-24-16;1-21-15-8-12(18)13(19)7-11(15)14(20-21)4-2-10-3-5-16-17(6-10)23-9-22-16;1-12-6-3-5(9)7(13(14)15)2-4(6)8(10)11-12;8-4-2-5-3(7(9)11-10-5)1-6(4)12(13)14/h3-11H,1-2H3,(H,23,27)(H,24,25);2-8H,9H2,1H3;2-8H,9,19H2,1H3;2-3H,1H3;1-2H,(H,10,11)/b6-5+;2*4-2+;;. The highest BCUT2D eigenvalue weighted by Crippen LogP contribution is 2.37. The number of thiophene rings is 1. The molecule has 9 heterocycles. The Kier molecular flexibility index (Phi) is 21.7. The smallest absolute Gasteiger partial charge is 0.305 e. The second kappa shape index (κ2) is 31.3. The number of anilines is 2. The molecule has 107 heavy (non-hydrogen) atoms. The maximum absolute atomic E-state index is 14.5. The van der Waals surface area contributed by atoms with Gasteiger partial charge >= 0.3 is 17.1 Å². The summed E-state index contributed by atoms with van der Waals surface area (Å²) in [5.41, 5.74) is 10.4. The molecule has 0 atom stereocenters. The topological polar surface area (TPSA) is 366 Å². The fourth-order valence-electron chi connectivity index (χ4n) is 10.7. The van der Waals surface area contributed by atoms with Gasteiger partial charge in [-0.05, 0) is 141 Å². The third-order valence-electron chi connectivity index (χ3n) is 16.0. The van der Waals surface area contributed by atoms with E-state index in [0.29, 0.717) is 79.4 Å². The quantitative estimate of drug-likeness (QED) is 0.0290. The summed E-state index contributed by atoms with van der Waals surface area (Å²) < 4.78 is 101. The summed E-state index contributed by atoms with van der Waals surface area (Å²) in [5.74, 6) is -1.94. The average Bonchev–Trinajstić information content (AvgIpc) is 1.66. The molecule has 2 aliphatic heterocycles. The Bertz CT molecular complexity index is 5970. The molecule has 16 rings (SSSR count). The van der Waals surface area contributed by atoms with Crippen molar-refractivity contribution in [1.29, 1.82) is 0 Å². The average molecular weight is 1710 g/mol. The van der Waals surface area contributed by atoms with Crippen LogP contribution in [-0.4, -0.2) is 109 Å². The number of halogens is 7. The van der Waals surface area contributed by atoms with Crippen LogP contribution in [0.1, 0.15) is 54.2 Å². The van der Waals surface area contributed by atoms with Gasteiger partial charge < -0.3 is 39.3 Å². The first-order valence-electron chi connectivity index (χ1n) is 31.0. The van der Waals surface area contributed by atoms with Crippen molar-refractivity contribution in [2.75, 3.05) is 38.7 Å². The number of hydrogen-bond donors (Lipinski definition) is 4. The van der Waals surface area contributed by atoms with E-state index in [2.05, 4.69) is 41.0 Å². The summed E-state index contributed by atoms with van der Waals surface area (Å²) >= 11 is 5.48. The number of nitrogens with one attached hydrogen (secondary N) is 3. The van der Waals surface area contributed by atoms with Crippen molar-refractivity contribution in [3.8, 4) is 23.0 Å². The minimum atomic E-state index is -0.883. The highest BCUT2D eigenvalue weighted by atomic mass is 127. The summed E-state index contributed by atoms with van der Waals surface area (Å²) in [5, 5.41) is 65.6. The fraction of sp³-hybridized carbons (Fsp3) is 0.100. The minimum Gasteiger partial charge on any atom is -0.454 e. The molecule has 14 aromatic rings. The van der Waals surface area contributed by atoms with E-state index >= 15 is 0 Å². The number of H-pyrrole nitrogens is 2. The lowest BCUT2D eigenvalue weighted by molar-refractivity contribution is -0.387. The molecule has 0 saturated carbocycles. The van der Waals surface area contributed by atoms with Gasteiger partial charge in [-0.2, -0.15) is 38.7 Å². The minimum absolute atomic E-state index is 0.0171. The van der Waals surface area contributed by atoms with Crippen molar-refractivity contribution in [2.45, 2.75) is 0 Å². The lowest BCUT2D eigenvalue weighted by Crippen LogP contribution is -2.21. The zero-order chi connectivity index (χ0) is 76.2. The summed E-state index contributed by atoms with van der Waals surface area (Å²) in [6.45, 7) is 0.445. The Morgan fingerprint density at radius 2 is 1.07 bits per heavy atom. The Morgan fingerprint density at radius 3 is 1.64 bits per heavy atom. The predicted octanol–water partition coefficient (Wildman–Crippen LogP) is 15.6. The lowest BCUT2D eigenvalue weighted by atomic mass is 10.1. The molecule has 0 unspecified atom stereocenters. The van der Waals surface area contributed by atoms with Crippen molar-refractivity contribution in [1.82, 2.24) is 54.6 Å². The number of carbonyl (C=O) groups is 2. The van der Waals surface area contributed by atoms with Gasteiger partial charge in [0.15, 0.2) is 34.5 Å². The van der Waals surface area contributed by atoms with Crippen LogP contribution < -0.4 is 30.0 Å². The van der Waals surface area contributed by atoms with Gasteiger partial charge in [0.05, 0.1) is 70.8 Å². The van der Waals surface area contributed by atoms with Crippen LogP contribution in [0.15, 0.2) is 131 Å². The number of carbonyl (C=O) groups excluding carboxylic acids is 2. The number of nitro groups is 3. The fourth-order valence-corrected chi connectivity index (χ4v) is 12.6. The predicted molar refractivity (Wildman–Crippen MR) is 405 cm³/mol. The van der Waals surface area contributed by atoms with Crippen LogP contribution >= 0.6 is 56.5 Å². The maximum atomic E-state index is 14.5. The highest BCUT2D eigenvalue weighted by Gasteiger charge is 2.24. The van der Waals surface area contributed by atoms with E-state index in [1.165, 1.54) is 62.8 Å². The number of aromatic amines is 2. The van der Waals surface area contributed by atoms with Crippen LogP contribution in [0.2, 0.25) is 0 Å². The maximum Gasteiger partial charge on any atom is 0.305 e. The molecule has 0 bridgehead atoms. The third-order valence-corrected chi connectivity index (χ3v) is 18.4. The number of rotatable bonds is 12. The van der Waals surface area contributed by atoms with Crippen molar-refractivity contribution in [2.24, 2.45) is 21.1 Å². The van der Waals surface area contributed by atoms with Crippen molar-refractivity contribution in [3.05, 3.63) is 238 Å². The largest absolute Gasteiger partial charge is 0.454 e. The monoisotopic (exact) mass is 1700 g/mol. The summed E-state index contributed by atoms with van der Waals surface area (Å²) in [6.07, 6.45) is 11.1. The zero-order valence-electron chi connectivity index (χ0n) is 55.8. The Balaban J connectivity index is 0.000000128. The van der Waals surface area contributed by atoms with Crippen LogP contribution in [0, 0.1) is 66.8 Å². The van der Waals surface area contributed by atoms with Gasteiger partial charge in [-0.1, -0.05) is 30.4 Å².